The highest BCUT2D eigenvalue weighted by atomic mass is 32.2. The molecule has 0 aromatic heterocycles. The predicted octanol–water partition coefficient (Wildman–Crippen LogP) is 1.57. The van der Waals surface area contributed by atoms with E-state index in [4.69, 9.17) is 5.26 Å². The molecule has 0 aliphatic rings. The maximum absolute atomic E-state index is 11.9. The molecule has 102 valence electrons. The van der Waals surface area contributed by atoms with E-state index in [0.29, 0.717) is 5.69 Å². The van der Waals surface area contributed by atoms with Gasteiger partial charge in [-0.05, 0) is 38.0 Å². The molecular formula is C13H16N2O3S. The minimum atomic E-state index is -3.73. The normalized spacial score (nSPS) is 12.5. The third kappa shape index (κ3) is 3.80. The van der Waals surface area contributed by atoms with E-state index in [-0.39, 0.29) is 0 Å². The molecule has 6 heteroatoms. The molecule has 1 atom stereocenters. The van der Waals surface area contributed by atoms with E-state index >= 15 is 0 Å². The van der Waals surface area contributed by atoms with Crippen LogP contribution in [-0.2, 0) is 14.6 Å². The summed E-state index contributed by atoms with van der Waals surface area (Å²) in [6.45, 7) is 4.99. The summed E-state index contributed by atoms with van der Waals surface area (Å²) in [5.74, 6) is -1.28. The number of sulfone groups is 1. The van der Waals surface area contributed by atoms with E-state index in [0.717, 1.165) is 11.1 Å². The molecule has 0 fully saturated rings. The number of rotatable bonds is 4. The molecule has 19 heavy (non-hydrogen) atoms. The smallest absolute Gasteiger partial charge is 0.242 e. The molecule has 5 nitrogen and oxygen atoms in total. The second-order valence-corrected chi connectivity index (χ2v) is 6.74. The Labute approximate surface area is 113 Å². The van der Waals surface area contributed by atoms with Gasteiger partial charge in [-0.3, -0.25) is 4.79 Å². The summed E-state index contributed by atoms with van der Waals surface area (Å²) in [6, 6.07) is 7.09. The van der Waals surface area contributed by atoms with Crippen LogP contribution in [-0.4, -0.2) is 25.3 Å². The number of hydrogen-bond donors (Lipinski definition) is 1. The van der Waals surface area contributed by atoms with Crippen molar-refractivity contribution < 1.29 is 13.2 Å². The number of nitriles is 1. The Morgan fingerprint density at radius 2 is 2.05 bits per heavy atom. The highest BCUT2D eigenvalue weighted by molar-refractivity contribution is 7.92. The van der Waals surface area contributed by atoms with Crippen LogP contribution >= 0.6 is 0 Å². The Kier molecular flexibility index (Phi) is 4.67. The quantitative estimate of drug-likeness (QED) is 0.906. The summed E-state index contributed by atoms with van der Waals surface area (Å²) >= 11 is 0. The van der Waals surface area contributed by atoms with E-state index in [1.54, 1.807) is 12.1 Å². The molecular weight excluding hydrogens is 264 g/mol. The maximum Gasteiger partial charge on any atom is 0.242 e. The number of carbonyl (C=O) groups excluding carboxylic acids is 1. The number of hydrogen-bond acceptors (Lipinski definition) is 4. The number of anilines is 1. The zero-order valence-electron chi connectivity index (χ0n) is 11.1. The number of nitrogens with one attached hydrogen (secondary N) is 1. The van der Waals surface area contributed by atoms with Crippen molar-refractivity contribution in [1.82, 2.24) is 0 Å². The molecule has 0 heterocycles. The number of carbonyl (C=O) groups is 1. The molecule has 1 N–H and O–H groups in total. The molecule has 0 saturated carbocycles. The SMILES string of the molecule is Cc1ccc(C)c(NC(=O)C(C)S(=O)(=O)CC#N)c1. The molecule has 1 rings (SSSR count). The minimum absolute atomic E-state index is 0.587. The first-order valence-corrected chi connectivity index (χ1v) is 7.46. The third-order valence-corrected chi connectivity index (χ3v) is 4.65. The van der Waals surface area contributed by atoms with Crippen molar-refractivity contribution in [2.75, 3.05) is 11.1 Å². The van der Waals surface area contributed by atoms with Crippen molar-refractivity contribution in [2.24, 2.45) is 0 Å². The molecule has 0 spiro atoms. The number of aryl methyl sites for hydroxylation is 2. The van der Waals surface area contributed by atoms with Gasteiger partial charge in [0.15, 0.2) is 9.84 Å². The number of nitrogens with zero attached hydrogens (tertiary/aromatic N) is 1. The lowest BCUT2D eigenvalue weighted by atomic mass is 10.1. The van der Waals surface area contributed by atoms with Crippen LogP contribution in [0, 0.1) is 25.2 Å². The standard InChI is InChI=1S/C13H16N2O3S/c1-9-4-5-10(2)12(8-9)15-13(16)11(3)19(17,18)7-6-14/h4-5,8,11H,7H2,1-3H3,(H,15,16). The second kappa shape index (κ2) is 5.85. The lowest BCUT2D eigenvalue weighted by molar-refractivity contribution is -0.115. The predicted molar refractivity (Wildman–Crippen MR) is 73.4 cm³/mol. The highest BCUT2D eigenvalue weighted by Gasteiger charge is 2.27. The third-order valence-electron chi connectivity index (χ3n) is 2.82. The summed E-state index contributed by atoms with van der Waals surface area (Å²) in [7, 11) is -3.73. The zero-order valence-corrected chi connectivity index (χ0v) is 11.9. The molecule has 1 aromatic rings. The van der Waals surface area contributed by atoms with Gasteiger partial charge < -0.3 is 5.32 Å². The highest BCUT2D eigenvalue weighted by Crippen LogP contribution is 2.17. The molecule has 0 aliphatic carbocycles. The van der Waals surface area contributed by atoms with Gasteiger partial charge in [0, 0.05) is 5.69 Å². The maximum atomic E-state index is 11.9. The molecule has 0 aliphatic heterocycles. The van der Waals surface area contributed by atoms with Gasteiger partial charge in [0.05, 0.1) is 6.07 Å². The van der Waals surface area contributed by atoms with Gasteiger partial charge in [-0.1, -0.05) is 12.1 Å². The van der Waals surface area contributed by atoms with Crippen LogP contribution in [0.4, 0.5) is 5.69 Å². The Morgan fingerprint density at radius 1 is 1.42 bits per heavy atom. The van der Waals surface area contributed by atoms with E-state index in [1.807, 2.05) is 26.0 Å². The Balaban J connectivity index is 2.92. The van der Waals surface area contributed by atoms with E-state index in [9.17, 15) is 13.2 Å². The van der Waals surface area contributed by atoms with Crippen molar-refractivity contribution in [3.05, 3.63) is 29.3 Å². The van der Waals surface area contributed by atoms with Crippen molar-refractivity contribution in [3.8, 4) is 6.07 Å². The van der Waals surface area contributed by atoms with Gasteiger partial charge in [-0.25, -0.2) is 8.42 Å². The van der Waals surface area contributed by atoms with Gasteiger partial charge in [-0.2, -0.15) is 5.26 Å². The average molecular weight is 280 g/mol. The zero-order chi connectivity index (χ0) is 14.6. The Bertz CT molecular complexity index is 630. The number of amides is 1. The largest absolute Gasteiger partial charge is 0.325 e. The van der Waals surface area contributed by atoms with Crippen LogP contribution in [0.1, 0.15) is 18.1 Å². The Hall–Kier alpha value is -1.87. The first-order valence-electron chi connectivity index (χ1n) is 5.74. The van der Waals surface area contributed by atoms with Crippen LogP contribution in [0.2, 0.25) is 0 Å². The summed E-state index contributed by atoms with van der Waals surface area (Å²) in [5.41, 5.74) is 2.40. The van der Waals surface area contributed by atoms with Crippen molar-refractivity contribution in [3.63, 3.8) is 0 Å². The molecule has 0 radical (unpaired) electrons. The van der Waals surface area contributed by atoms with Crippen LogP contribution in [0.15, 0.2) is 18.2 Å². The van der Waals surface area contributed by atoms with Gasteiger partial charge in [0.2, 0.25) is 5.91 Å². The molecule has 0 bridgehead atoms. The summed E-state index contributed by atoms with van der Waals surface area (Å²) in [5, 5.41) is 9.79. The topological polar surface area (TPSA) is 87.0 Å². The summed E-state index contributed by atoms with van der Waals surface area (Å²) in [4.78, 5) is 11.9. The van der Waals surface area contributed by atoms with E-state index in [1.165, 1.54) is 6.92 Å². The fourth-order valence-electron chi connectivity index (χ4n) is 1.48. The molecule has 0 saturated heterocycles. The van der Waals surface area contributed by atoms with Crippen molar-refractivity contribution in [2.45, 2.75) is 26.0 Å². The van der Waals surface area contributed by atoms with E-state index in [2.05, 4.69) is 5.32 Å². The first kappa shape index (κ1) is 15.2. The summed E-state index contributed by atoms with van der Waals surface area (Å²) in [6.07, 6.45) is 0. The first-order chi connectivity index (χ1) is 8.77. The minimum Gasteiger partial charge on any atom is -0.325 e. The Morgan fingerprint density at radius 3 is 2.63 bits per heavy atom. The van der Waals surface area contributed by atoms with Crippen LogP contribution < -0.4 is 5.32 Å². The lowest BCUT2D eigenvalue weighted by Crippen LogP contribution is -2.34. The van der Waals surface area contributed by atoms with Gasteiger partial charge in [-0.15, -0.1) is 0 Å². The van der Waals surface area contributed by atoms with Crippen LogP contribution in [0.3, 0.4) is 0 Å². The van der Waals surface area contributed by atoms with Gasteiger partial charge in [0.25, 0.3) is 0 Å². The molecule has 1 amide bonds. The van der Waals surface area contributed by atoms with E-state index < -0.39 is 26.7 Å². The average Bonchev–Trinajstić information content (AvgIpc) is 2.32. The lowest BCUT2D eigenvalue weighted by Gasteiger charge is -2.13. The van der Waals surface area contributed by atoms with Crippen LogP contribution in [0.25, 0.3) is 0 Å². The van der Waals surface area contributed by atoms with Gasteiger partial charge >= 0.3 is 0 Å². The fourth-order valence-corrected chi connectivity index (χ4v) is 2.30. The monoisotopic (exact) mass is 280 g/mol. The van der Waals surface area contributed by atoms with Crippen LogP contribution in [0.5, 0.6) is 0 Å². The summed E-state index contributed by atoms with van der Waals surface area (Å²) < 4.78 is 23.3. The fraction of sp³-hybridized carbons (Fsp3) is 0.385. The molecule has 1 aromatic carbocycles. The van der Waals surface area contributed by atoms with Gasteiger partial charge in [0.1, 0.15) is 11.0 Å². The second-order valence-electron chi connectivity index (χ2n) is 4.42. The van der Waals surface area contributed by atoms with Crippen molar-refractivity contribution in [1.29, 1.82) is 5.26 Å². The molecule has 1 unspecified atom stereocenters. The number of benzene rings is 1. The van der Waals surface area contributed by atoms with Crippen molar-refractivity contribution >= 4 is 21.4 Å².